The third-order valence-electron chi connectivity index (χ3n) is 6.37. The molecular weight excluding hydrogens is 502 g/mol. The molecule has 1 saturated heterocycles. The number of fused-ring (bicyclic) bond motifs is 1. The highest BCUT2D eigenvalue weighted by Gasteiger charge is 2.30. The molecule has 4 aromatic rings. The lowest BCUT2D eigenvalue weighted by Gasteiger charge is -2.27. The molecule has 1 aromatic carbocycles. The van der Waals surface area contributed by atoms with Crippen LogP contribution in [0.15, 0.2) is 66.0 Å². The Balaban J connectivity index is 1.43. The van der Waals surface area contributed by atoms with E-state index in [0.717, 1.165) is 18.6 Å². The van der Waals surface area contributed by atoms with Gasteiger partial charge in [0.25, 0.3) is 15.9 Å². The number of nitrogens with zero attached hydrogens (tertiary/aromatic N) is 5. The van der Waals surface area contributed by atoms with Crippen molar-refractivity contribution in [3.63, 3.8) is 0 Å². The molecule has 0 aliphatic carbocycles. The molecule has 0 radical (unpaired) electrons. The molecule has 3 aromatic heterocycles. The Labute approximate surface area is 212 Å². The molecule has 0 spiro atoms. The van der Waals surface area contributed by atoms with Gasteiger partial charge in [0.1, 0.15) is 22.3 Å². The van der Waals surface area contributed by atoms with E-state index in [9.17, 15) is 22.0 Å². The molecule has 9 nitrogen and oxygen atoms in total. The summed E-state index contributed by atoms with van der Waals surface area (Å²) in [5.74, 6) is -1.28. The standard InChI is InChI=1S/C25H24F2N6O3S/c1-31(2)24-8-6-18(14-28-24)37(35,36)30-25(34)20-15-29-33-11-9-17(13-23(20)33)32-10-3-4-22(32)19-12-16(26)5-7-21(19)27/h5-9,11-15,22H,3-4,10H2,1-2H3,(H,30,34). The van der Waals surface area contributed by atoms with Crippen molar-refractivity contribution in [3.8, 4) is 0 Å². The number of carbonyl (C=O) groups is 1. The minimum Gasteiger partial charge on any atom is -0.364 e. The average Bonchev–Trinajstić information content (AvgIpc) is 3.52. The van der Waals surface area contributed by atoms with Crippen molar-refractivity contribution in [1.29, 1.82) is 0 Å². The van der Waals surface area contributed by atoms with Gasteiger partial charge in [-0.15, -0.1) is 0 Å². The summed E-state index contributed by atoms with van der Waals surface area (Å²) < 4.78 is 57.5. The zero-order valence-corrected chi connectivity index (χ0v) is 20.9. The highest BCUT2D eigenvalue weighted by molar-refractivity contribution is 7.90. The maximum Gasteiger partial charge on any atom is 0.268 e. The van der Waals surface area contributed by atoms with E-state index >= 15 is 0 Å². The second kappa shape index (κ2) is 9.43. The summed E-state index contributed by atoms with van der Waals surface area (Å²) in [6.07, 6.45) is 5.51. The van der Waals surface area contributed by atoms with Crippen LogP contribution in [0.25, 0.3) is 5.52 Å². The molecule has 1 amide bonds. The number of nitrogens with one attached hydrogen (secondary N) is 1. The molecule has 12 heteroatoms. The molecule has 4 heterocycles. The van der Waals surface area contributed by atoms with Crippen LogP contribution >= 0.6 is 0 Å². The Morgan fingerprint density at radius 3 is 2.65 bits per heavy atom. The number of amides is 1. The Morgan fingerprint density at radius 1 is 1.11 bits per heavy atom. The molecule has 1 N–H and O–H groups in total. The van der Waals surface area contributed by atoms with E-state index in [1.807, 2.05) is 4.90 Å². The Kier molecular flexibility index (Phi) is 6.28. The molecule has 1 aliphatic rings. The Morgan fingerprint density at radius 2 is 1.92 bits per heavy atom. The first-order chi connectivity index (χ1) is 17.6. The molecule has 1 fully saturated rings. The lowest BCUT2D eigenvalue weighted by Crippen LogP contribution is -2.30. The van der Waals surface area contributed by atoms with E-state index in [0.29, 0.717) is 30.0 Å². The Bertz CT molecular complexity index is 1590. The van der Waals surface area contributed by atoms with Crippen LogP contribution in [-0.4, -0.2) is 49.6 Å². The number of carbonyl (C=O) groups excluding carboxylic acids is 1. The summed E-state index contributed by atoms with van der Waals surface area (Å²) in [6.45, 7) is 0.608. The quantitative estimate of drug-likeness (QED) is 0.410. The number of benzene rings is 1. The van der Waals surface area contributed by atoms with Gasteiger partial charge in [-0.1, -0.05) is 0 Å². The zero-order valence-electron chi connectivity index (χ0n) is 20.1. The van der Waals surface area contributed by atoms with E-state index in [1.165, 1.54) is 35.1 Å². The molecule has 0 bridgehead atoms. The summed E-state index contributed by atoms with van der Waals surface area (Å²) >= 11 is 0. The van der Waals surface area contributed by atoms with E-state index in [2.05, 4.69) is 14.8 Å². The number of halogens is 2. The summed E-state index contributed by atoms with van der Waals surface area (Å²) in [5.41, 5.74) is 1.37. The van der Waals surface area contributed by atoms with E-state index in [1.54, 1.807) is 37.3 Å². The molecular formula is C25H24F2N6O3S. The first-order valence-electron chi connectivity index (χ1n) is 11.5. The van der Waals surface area contributed by atoms with Gasteiger partial charge in [0.15, 0.2) is 0 Å². The van der Waals surface area contributed by atoms with Gasteiger partial charge >= 0.3 is 0 Å². The van der Waals surface area contributed by atoms with Gasteiger partial charge in [-0.05, 0) is 55.3 Å². The van der Waals surface area contributed by atoms with Crippen LogP contribution in [-0.2, 0) is 10.0 Å². The molecule has 1 atom stereocenters. The second-order valence-electron chi connectivity index (χ2n) is 8.97. The van der Waals surface area contributed by atoms with Gasteiger partial charge in [0.05, 0.1) is 23.3 Å². The number of sulfonamides is 1. The van der Waals surface area contributed by atoms with Crippen LogP contribution in [0.3, 0.4) is 0 Å². The van der Waals surface area contributed by atoms with Crippen molar-refractivity contribution in [1.82, 2.24) is 19.3 Å². The lowest BCUT2D eigenvalue weighted by molar-refractivity contribution is 0.0983. The number of anilines is 2. The molecule has 0 saturated carbocycles. The summed E-state index contributed by atoms with van der Waals surface area (Å²) in [7, 11) is -0.632. The van der Waals surface area contributed by atoms with Gasteiger partial charge in [-0.25, -0.2) is 31.4 Å². The van der Waals surface area contributed by atoms with Crippen molar-refractivity contribution < 1.29 is 22.0 Å². The number of pyridine rings is 2. The van der Waals surface area contributed by atoms with Crippen LogP contribution in [0.2, 0.25) is 0 Å². The highest BCUT2D eigenvalue weighted by atomic mass is 32.2. The Hall–Kier alpha value is -4.06. The zero-order chi connectivity index (χ0) is 26.3. The highest BCUT2D eigenvalue weighted by Crippen LogP contribution is 2.38. The first-order valence-corrected chi connectivity index (χ1v) is 13.0. The number of aromatic nitrogens is 3. The summed E-state index contributed by atoms with van der Waals surface area (Å²) in [6, 6.07) is 9.40. The molecule has 1 unspecified atom stereocenters. The topological polar surface area (TPSA) is 99.9 Å². The fraction of sp³-hybridized carbons (Fsp3) is 0.240. The van der Waals surface area contributed by atoms with E-state index in [-0.39, 0.29) is 22.1 Å². The predicted molar refractivity (Wildman–Crippen MR) is 134 cm³/mol. The smallest absolute Gasteiger partial charge is 0.268 e. The van der Waals surface area contributed by atoms with Gasteiger partial charge in [0, 0.05) is 44.3 Å². The predicted octanol–water partition coefficient (Wildman–Crippen LogP) is 3.53. The van der Waals surface area contributed by atoms with Gasteiger partial charge in [0.2, 0.25) is 0 Å². The SMILES string of the molecule is CN(C)c1ccc(S(=O)(=O)NC(=O)c2cnn3ccc(N4CCCC4c4cc(F)ccc4F)cc23)cn1. The van der Waals surface area contributed by atoms with Crippen molar-refractivity contribution >= 4 is 33.0 Å². The fourth-order valence-electron chi connectivity index (χ4n) is 4.52. The minimum atomic E-state index is -4.18. The van der Waals surface area contributed by atoms with Gasteiger partial charge < -0.3 is 9.80 Å². The monoisotopic (exact) mass is 526 g/mol. The number of rotatable bonds is 6. The maximum atomic E-state index is 14.5. The second-order valence-corrected chi connectivity index (χ2v) is 10.7. The normalized spacial score (nSPS) is 15.8. The summed E-state index contributed by atoms with van der Waals surface area (Å²) in [5, 5.41) is 4.16. The largest absolute Gasteiger partial charge is 0.364 e. The number of hydrogen-bond donors (Lipinski definition) is 1. The number of hydrogen-bond acceptors (Lipinski definition) is 7. The fourth-order valence-corrected chi connectivity index (χ4v) is 5.43. The molecule has 1 aliphatic heterocycles. The van der Waals surface area contributed by atoms with Gasteiger partial charge in [-0.3, -0.25) is 4.79 Å². The lowest BCUT2D eigenvalue weighted by atomic mass is 10.0. The van der Waals surface area contributed by atoms with Crippen LogP contribution in [0.4, 0.5) is 20.3 Å². The van der Waals surface area contributed by atoms with Crippen molar-refractivity contribution in [2.75, 3.05) is 30.4 Å². The first kappa shape index (κ1) is 24.6. The van der Waals surface area contributed by atoms with Crippen LogP contribution in [0.5, 0.6) is 0 Å². The summed E-state index contributed by atoms with van der Waals surface area (Å²) in [4.78, 5) is 20.6. The molecule has 5 rings (SSSR count). The third-order valence-corrected chi connectivity index (χ3v) is 7.68. The maximum absolute atomic E-state index is 14.5. The molecule has 192 valence electrons. The van der Waals surface area contributed by atoms with E-state index < -0.39 is 27.6 Å². The van der Waals surface area contributed by atoms with Crippen molar-refractivity contribution in [3.05, 3.63) is 83.8 Å². The van der Waals surface area contributed by atoms with Gasteiger partial charge in [-0.2, -0.15) is 5.10 Å². The van der Waals surface area contributed by atoms with Crippen molar-refractivity contribution in [2.24, 2.45) is 0 Å². The molecule has 37 heavy (non-hydrogen) atoms. The minimum absolute atomic E-state index is 0.0518. The van der Waals surface area contributed by atoms with E-state index in [4.69, 9.17) is 0 Å². The third kappa shape index (κ3) is 4.71. The average molecular weight is 527 g/mol. The van der Waals surface area contributed by atoms with Crippen molar-refractivity contribution in [2.45, 2.75) is 23.8 Å². The van der Waals surface area contributed by atoms with Crippen LogP contribution in [0.1, 0.15) is 34.8 Å². The van der Waals surface area contributed by atoms with Crippen LogP contribution in [0, 0.1) is 11.6 Å². The van der Waals surface area contributed by atoms with Crippen LogP contribution < -0.4 is 14.5 Å².